The number of pyridine rings is 1. The lowest BCUT2D eigenvalue weighted by atomic mass is 10.0. The molecule has 0 bridgehead atoms. The minimum atomic E-state index is 0.0754. The van der Waals surface area contributed by atoms with E-state index in [0.29, 0.717) is 6.54 Å². The first-order chi connectivity index (χ1) is 13.0. The normalized spacial score (nSPS) is 14.1. The van der Waals surface area contributed by atoms with Crippen LogP contribution >= 0.6 is 0 Å². The van der Waals surface area contributed by atoms with Crippen LogP contribution in [0, 0.1) is 12.3 Å². The zero-order chi connectivity index (χ0) is 20.0. The van der Waals surface area contributed by atoms with Gasteiger partial charge < -0.3 is 10.7 Å². The lowest BCUT2D eigenvalue weighted by molar-refractivity contribution is 0.751. The van der Waals surface area contributed by atoms with Gasteiger partial charge >= 0.3 is 0 Å². The van der Waals surface area contributed by atoms with E-state index in [2.05, 4.69) is 37.2 Å². The molecule has 0 amide bonds. The average Bonchev–Trinajstić information content (AvgIpc) is 2.68. The van der Waals surface area contributed by atoms with Crippen molar-refractivity contribution in [3.05, 3.63) is 75.4 Å². The van der Waals surface area contributed by atoms with Gasteiger partial charge in [0.25, 0.3) is 5.56 Å². The van der Waals surface area contributed by atoms with Gasteiger partial charge in [-0.1, -0.05) is 36.4 Å². The number of nitrogens with zero attached hydrogens (tertiary/aromatic N) is 1. The summed E-state index contributed by atoms with van der Waals surface area (Å²) in [4.78, 5) is 13.4. The fourth-order valence-corrected chi connectivity index (χ4v) is 3.37. The Morgan fingerprint density at radius 2 is 1.96 bits per heavy atom. The molecule has 0 unspecified atom stereocenters. The molecule has 4 heteroatoms. The topological polar surface area (TPSA) is 57.9 Å². The minimum absolute atomic E-state index is 0.0754. The summed E-state index contributed by atoms with van der Waals surface area (Å²) in [5.74, 6) is 0. The summed E-state index contributed by atoms with van der Waals surface area (Å²) < 4.78 is 1.90. The molecule has 0 saturated heterocycles. The molecule has 142 valence electrons. The third-order valence-electron chi connectivity index (χ3n) is 4.91. The highest BCUT2D eigenvalue weighted by Crippen LogP contribution is 2.25. The van der Waals surface area contributed by atoms with Gasteiger partial charge in [-0.3, -0.25) is 9.36 Å². The number of rotatable bonds is 4. The van der Waals surface area contributed by atoms with Crippen molar-refractivity contribution in [1.29, 1.82) is 5.41 Å². The number of hydrogen-bond donors (Lipinski definition) is 2. The fourth-order valence-electron chi connectivity index (χ4n) is 3.37. The molecule has 1 aliphatic carbocycles. The molecule has 1 aliphatic rings. The number of allylic oxidation sites excluding steroid dienone is 6. The lowest BCUT2D eigenvalue weighted by Crippen LogP contribution is -2.27. The number of benzene rings is 1. The van der Waals surface area contributed by atoms with Gasteiger partial charge in [0.05, 0.1) is 11.9 Å². The van der Waals surface area contributed by atoms with E-state index in [1.807, 2.05) is 49.6 Å². The van der Waals surface area contributed by atoms with E-state index in [1.165, 1.54) is 5.57 Å². The summed E-state index contributed by atoms with van der Waals surface area (Å²) in [6, 6.07) is 8.19. The van der Waals surface area contributed by atoms with Crippen LogP contribution in [-0.4, -0.2) is 11.3 Å². The summed E-state index contributed by atoms with van der Waals surface area (Å²) >= 11 is 0. The van der Waals surface area contributed by atoms with E-state index >= 15 is 0 Å². The molecule has 1 aromatic carbocycles. The Morgan fingerprint density at radius 3 is 2.63 bits per heavy atom. The predicted octanol–water partition coefficient (Wildman–Crippen LogP) is 5.17. The van der Waals surface area contributed by atoms with E-state index in [0.717, 1.165) is 46.3 Å². The molecule has 2 N–H and O–H groups in total. The third kappa shape index (κ3) is 4.27. The van der Waals surface area contributed by atoms with Crippen LogP contribution in [0.15, 0.2) is 58.6 Å². The van der Waals surface area contributed by atoms with Crippen molar-refractivity contribution in [3.8, 4) is 0 Å². The highest BCUT2D eigenvalue weighted by atomic mass is 16.1. The quantitative estimate of drug-likeness (QED) is 0.736. The molecule has 0 aliphatic heterocycles. The first kappa shape index (κ1) is 20.4. The average molecular weight is 364 g/mol. The van der Waals surface area contributed by atoms with Crippen LogP contribution in [0.5, 0.6) is 0 Å². The Hall–Kier alpha value is -2.88. The van der Waals surface area contributed by atoms with Crippen molar-refractivity contribution in [2.75, 3.05) is 0 Å². The molecule has 3 rings (SSSR count). The van der Waals surface area contributed by atoms with Crippen LogP contribution in [0.3, 0.4) is 0 Å². The molecule has 0 saturated carbocycles. The molecule has 2 aromatic rings. The van der Waals surface area contributed by atoms with Crippen molar-refractivity contribution in [3.63, 3.8) is 0 Å². The second-order valence-electron chi connectivity index (χ2n) is 6.69. The summed E-state index contributed by atoms with van der Waals surface area (Å²) in [6.45, 7) is 11.3. The van der Waals surface area contributed by atoms with Crippen LogP contribution < -0.4 is 10.9 Å². The van der Waals surface area contributed by atoms with Gasteiger partial charge in [-0.2, -0.15) is 0 Å². The molecule has 27 heavy (non-hydrogen) atoms. The number of fused-ring (bicyclic) bond motifs is 1. The zero-order valence-electron chi connectivity index (χ0n) is 16.7. The fraction of sp³-hybridized carbons (Fsp3) is 0.304. The van der Waals surface area contributed by atoms with Gasteiger partial charge in [0.15, 0.2) is 0 Å². The smallest absolute Gasteiger partial charge is 0.263 e. The van der Waals surface area contributed by atoms with E-state index in [1.54, 1.807) is 0 Å². The van der Waals surface area contributed by atoms with Crippen LogP contribution in [-0.2, 0) is 6.54 Å². The Bertz CT molecular complexity index is 977. The Balaban J connectivity index is 0.00000126. The zero-order valence-corrected chi connectivity index (χ0v) is 16.7. The van der Waals surface area contributed by atoms with Crippen molar-refractivity contribution < 1.29 is 0 Å². The highest BCUT2D eigenvalue weighted by molar-refractivity contribution is 5.86. The monoisotopic (exact) mass is 363 g/mol. The standard InChI is InChI=1S/C22H26N2O.CH3N/c1-5-17(4)23-14-19-13-18-11-8-10-16(3)21(18)22(25)24(19)20-12-7-6-9-15(20)2;1-2/h5,8-13,23H,6-7,14H2,1-4H3;2H,1H2/b17-5-;. The maximum Gasteiger partial charge on any atom is 0.263 e. The molecule has 4 nitrogen and oxygen atoms in total. The van der Waals surface area contributed by atoms with Gasteiger partial charge in [0.2, 0.25) is 0 Å². The second kappa shape index (κ2) is 9.17. The van der Waals surface area contributed by atoms with Gasteiger partial charge in [0.1, 0.15) is 0 Å². The van der Waals surface area contributed by atoms with Crippen molar-refractivity contribution in [1.82, 2.24) is 9.88 Å². The van der Waals surface area contributed by atoms with Crippen LogP contribution in [0.25, 0.3) is 16.5 Å². The largest absolute Gasteiger partial charge is 0.383 e. The molecule has 0 fully saturated rings. The highest BCUT2D eigenvalue weighted by Gasteiger charge is 2.16. The molecule has 0 spiro atoms. The first-order valence-corrected chi connectivity index (χ1v) is 9.27. The maximum atomic E-state index is 13.4. The summed E-state index contributed by atoms with van der Waals surface area (Å²) in [6.07, 6.45) is 8.47. The Kier molecular flexibility index (Phi) is 6.94. The molecular weight excluding hydrogens is 334 g/mol. The van der Waals surface area contributed by atoms with Gasteiger partial charge in [0, 0.05) is 17.1 Å². The Labute approximate surface area is 161 Å². The SMILES string of the molecule is C/C=C(/C)NCc1cc2cccc(C)c2c(=O)n1C1=CCCC=C1C.C=N. The predicted molar refractivity (Wildman–Crippen MR) is 116 cm³/mol. The maximum absolute atomic E-state index is 13.4. The van der Waals surface area contributed by atoms with E-state index < -0.39 is 0 Å². The van der Waals surface area contributed by atoms with E-state index in [-0.39, 0.29) is 5.56 Å². The molecule has 1 aromatic heterocycles. The van der Waals surface area contributed by atoms with Crippen LogP contribution in [0.4, 0.5) is 0 Å². The first-order valence-electron chi connectivity index (χ1n) is 9.27. The van der Waals surface area contributed by atoms with E-state index in [4.69, 9.17) is 5.41 Å². The minimum Gasteiger partial charge on any atom is -0.383 e. The number of nitrogens with one attached hydrogen (secondary N) is 2. The van der Waals surface area contributed by atoms with Gasteiger partial charge in [-0.05, 0) is 69.8 Å². The van der Waals surface area contributed by atoms with Crippen LogP contribution in [0.1, 0.15) is 44.9 Å². The summed E-state index contributed by atoms with van der Waals surface area (Å²) in [7, 11) is 0. The van der Waals surface area contributed by atoms with Crippen molar-refractivity contribution in [2.45, 2.75) is 47.1 Å². The lowest BCUT2D eigenvalue weighted by Gasteiger charge is -2.21. The molecule has 1 heterocycles. The van der Waals surface area contributed by atoms with E-state index in [9.17, 15) is 4.79 Å². The number of hydrogen-bond acceptors (Lipinski definition) is 3. The van der Waals surface area contributed by atoms with Crippen LogP contribution in [0.2, 0.25) is 0 Å². The van der Waals surface area contributed by atoms with Crippen molar-refractivity contribution in [2.24, 2.45) is 0 Å². The number of aryl methyl sites for hydroxylation is 1. The second-order valence-corrected chi connectivity index (χ2v) is 6.69. The molecule has 0 radical (unpaired) electrons. The Morgan fingerprint density at radius 1 is 1.26 bits per heavy atom. The summed E-state index contributed by atoms with van der Waals surface area (Å²) in [5.41, 5.74) is 5.39. The molecule has 0 atom stereocenters. The van der Waals surface area contributed by atoms with Gasteiger partial charge in [-0.15, -0.1) is 0 Å². The summed E-state index contributed by atoms with van der Waals surface area (Å²) in [5, 5.41) is 10.7. The number of aromatic nitrogens is 1. The molecular formula is C23H29N3O. The third-order valence-corrected chi connectivity index (χ3v) is 4.91. The van der Waals surface area contributed by atoms with Crippen molar-refractivity contribution >= 4 is 23.2 Å². The van der Waals surface area contributed by atoms with Gasteiger partial charge in [-0.25, -0.2) is 0 Å².